The fourth-order valence-corrected chi connectivity index (χ4v) is 8.94. The molecule has 1 aliphatic heterocycles. The van der Waals surface area contributed by atoms with E-state index < -0.39 is 6.09 Å². The first-order valence-corrected chi connectivity index (χ1v) is 33.0. The molecule has 0 aromatic rings. The van der Waals surface area contributed by atoms with Gasteiger partial charge in [0, 0.05) is 37.5 Å². The van der Waals surface area contributed by atoms with Gasteiger partial charge in [-0.05, 0) is 70.6 Å². The number of hydrogen-bond acceptors (Lipinski definition) is 12. The Morgan fingerprint density at radius 2 is 0.900 bits per heavy atom. The third-order valence-corrected chi connectivity index (χ3v) is 14.2. The molecule has 0 radical (unpaired) electrons. The summed E-state index contributed by atoms with van der Waals surface area (Å²) in [4.78, 5) is 72.2. The Kier molecular flexibility index (Phi) is 66.8. The molecule has 5 unspecified atom stereocenters. The molecule has 13 heteroatoms. The van der Waals surface area contributed by atoms with Gasteiger partial charge in [-0.2, -0.15) is 0 Å². The number of unbranched alkanes of at least 4 members (excludes halogenated alkanes) is 20. The number of Topliss-reactive ketones (excluding diaryl/α,β-unsaturated/α-hetero) is 1. The maximum atomic E-state index is 12.8. The normalized spacial score (nSPS) is 14.3. The first-order chi connectivity index (χ1) is 38.8. The molecule has 0 N–H and O–H groups in total. The van der Waals surface area contributed by atoms with Crippen LogP contribution in [0.2, 0.25) is 0 Å². The van der Waals surface area contributed by atoms with Gasteiger partial charge < -0.3 is 33.2 Å². The van der Waals surface area contributed by atoms with E-state index in [9.17, 15) is 28.8 Å². The molecule has 13 nitrogen and oxygen atoms in total. The number of ketones is 1. The average Bonchev–Trinajstić information content (AvgIpc) is 3.88. The summed E-state index contributed by atoms with van der Waals surface area (Å²) < 4.78 is 32.6. The van der Waals surface area contributed by atoms with E-state index >= 15 is 0 Å². The van der Waals surface area contributed by atoms with Crippen LogP contribution in [0.15, 0.2) is 12.3 Å². The lowest BCUT2D eigenvalue weighted by Gasteiger charge is -2.29. The topological polar surface area (TPSA) is 161 Å². The van der Waals surface area contributed by atoms with Gasteiger partial charge in [0.25, 0.3) is 6.47 Å². The molecule has 5 atom stereocenters. The Morgan fingerprint density at radius 3 is 1.32 bits per heavy atom. The summed E-state index contributed by atoms with van der Waals surface area (Å²) in [5.74, 6) is 1.10. The van der Waals surface area contributed by atoms with Crippen LogP contribution < -0.4 is 0 Å². The van der Waals surface area contributed by atoms with Crippen molar-refractivity contribution in [2.75, 3.05) is 39.6 Å². The van der Waals surface area contributed by atoms with Crippen LogP contribution in [0.1, 0.15) is 315 Å². The van der Waals surface area contributed by atoms with Crippen molar-refractivity contribution in [1.82, 2.24) is 4.90 Å². The first kappa shape index (κ1) is 82.8. The number of likely N-dealkylation sites (tertiary alicyclic amines) is 1. The van der Waals surface area contributed by atoms with Gasteiger partial charge in [-0.1, -0.05) is 225 Å². The van der Waals surface area contributed by atoms with Crippen molar-refractivity contribution in [1.29, 1.82) is 0 Å². The van der Waals surface area contributed by atoms with Crippen LogP contribution in [-0.2, 0) is 52.4 Å². The van der Waals surface area contributed by atoms with Crippen LogP contribution in [0.5, 0.6) is 0 Å². The Morgan fingerprint density at radius 1 is 0.487 bits per heavy atom. The van der Waals surface area contributed by atoms with Crippen molar-refractivity contribution < 1.29 is 57.2 Å². The largest absolute Gasteiger partial charge is 0.498 e. The quantitative estimate of drug-likeness (QED) is 0.0187. The second-order valence-corrected chi connectivity index (χ2v) is 21.6. The molecule has 1 fully saturated rings. The van der Waals surface area contributed by atoms with Gasteiger partial charge in [-0.25, -0.2) is 4.79 Å². The van der Waals surface area contributed by atoms with Gasteiger partial charge in [0.05, 0.1) is 50.7 Å². The zero-order valence-electron chi connectivity index (χ0n) is 54.5. The summed E-state index contributed by atoms with van der Waals surface area (Å²) in [6.07, 6.45) is 36.1. The highest BCUT2D eigenvalue weighted by atomic mass is 16.6. The van der Waals surface area contributed by atoms with E-state index in [2.05, 4.69) is 55.0 Å². The molecule has 0 spiro atoms. The lowest BCUT2D eigenvalue weighted by molar-refractivity contribution is -0.151. The van der Waals surface area contributed by atoms with Gasteiger partial charge in [-0.15, -0.1) is 0 Å². The summed E-state index contributed by atoms with van der Waals surface area (Å²) in [6, 6.07) is -0.649. The van der Waals surface area contributed by atoms with Gasteiger partial charge >= 0.3 is 24.0 Å². The van der Waals surface area contributed by atoms with Crippen molar-refractivity contribution in [3.63, 3.8) is 0 Å². The number of carbonyl (C=O) groups excluding carboxylic acids is 6. The van der Waals surface area contributed by atoms with E-state index in [0.717, 1.165) is 82.8 Å². The smallest absolute Gasteiger partial charge is 0.410 e. The van der Waals surface area contributed by atoms with Crippen LogP contribution in [0, 0.1) is 17.8 Å². The number of nitrogens with zero attached hydrogens (tertiary/aromatic N) is 1. The van der Waals surface area contributed by atoms with Gasteiger partial charge in [0.1, 0.15) is 19.0 Å². The van der Waals surface area contributed by atoms with E-state index in [4.69, 9.17) is 28.4 Å². The summed E-state index contributed by atoms with van der Waals surface area (Å²) >= 11 is 0. The van der Waals surface area contributed by atoms with Gasteiger partial charge in [0.15, 0.2) is 0 Å². The van der Waals surface area contributed by atoms with E-state index in [1.165, 1.54) is 114 Å². The minimum Gasteiger partial charge on any atom is -0.498 e. The Labute approximate surface area is 493 Å². The van der Waals surface area contributed by atoms with Crippen molar-refractivity contribution in [2.24, 2.45) is 17.8 Å². The summed E-state index contributed by atoms with van der Waals surface area (Å²) in [6.45, 7) is 32.9. The summed E-state index contributed by atoms with van der Waals surface area (Å²) in [5.41, 5.74) is 0. The summed E-state index contributed by atoms with van der Waals surface area (Å²) in [5, 5.41) is 0. The van der Waals surface area contributed by atoms with Gasteiger partial charge in [0.2, 0.25) is 0 Å². The molecule has 1 saturated heterocycles. The van der Waals surface area contributed by atoms with Crippen LogP contribution >= 0.6 is 0 Å². The predicted molar refractivity (Wildman–Crippen MR) is 332 cm³/mol. The average molecular weight is 1140 g/mol. The monoisotopic (exact) mass is 1140 g/mol. The van der Waals surface area contributed by atoms with Crippen molar-refractivity contribution >= 4 is 36.3 Å². The zero-order chi connectivity index (χ0) is 60.9. The predicted octanol–water partition coefficient (Wildman–Crippen LogP) is 18.8. The van der Waals surface area contributed by atoms with Crippen LogP contribution in [0.3, 0.4) is 0 Å². The van der Waals surface area contributed by atoms with Crippen molar-refractivity contribution in [3.05, 3.63) is 12.3 Å². The standard InChI is InChI=1S/C29H51NO8.C24H46O3.C10H20O.2C2H6/c1-5-8-9-10-11-12-13-27(32)37-19-24(17-23(4)7-3)18-28(33)38-21-26-15-14-25(20-35-22-31)30(26)29(34)36-16-6-2;1-5-8-10-12-14-16-18-22(4)26-20-23(7-3)21-27-24(25)19-17-15-13-11-9-6-2;1-3-4-5-6-7-8-9-10(2)11;2*1-2/h22-26H,5-21H2,1-4H3;23H,4-21H2,1-3H3;3-9H2,1-2H3;2*1-2H3. The second-order valence-electron chi connectivity index (χ2n) is 21.6. The fourth-order valence-electron chi connectivity index (χ4n) is 8.94. The Balaban J connectivity index is -0.000000595. The minimum absolute atomic E-state index is 0.0471. The molecular weight excluding hydrogens is 1010 g/mol. The molecule has 1 heterocycles. The van der Waals surface area contributed by atoms with E-state index in [0.29, 0.717) is 63.5 Å². The third-order valence-electron chi connectivity index (χ3n) is 14.2. The number of esters is 3. The highest BCUT2D eigenvalue weighted by Crippen LogP contribution is 2.27. The fraction of sp³-hybridized carbons (Fsp3) is 0.881. The first-order valence-electron chi connectivity index (χ1n) is 33.0. The molecule has 0 aliphatic carbocycles. The molecule has 80 heavy (non-hydrogen) atoms. The Hall–Kier alpha value is -3.64. The SMILES string of the molecule is C=C(CCCCCCCC)OCC(CC)COC(=O)CCCCCCCC.CC.CC.CCCCCCCCC(=O)OCC(CC(=O)OCC1CCC(COC=O)N1C(=O)OCCC)CC(C)CC.CCCCCCCCC(C)=O. The van der Waals surface area contributed by atoms with Crippen LogP contribution in [0.25, 0.3) is 0 Å². The molecule has 0 saturated carbocycles. The number of carbonyl (C=O) groups is 6. The van der Waals surface area contributed by atoms with E-state index in [1.807, 2.05) is 34.6 Å². The minimum atomic E-state index is -0.489. The molecule has 1 amide bonds. The number of ether oxygens (including phenoxy) is 6. The van der Waals surface area contributed by atoms with Crippen LogP contribution in [0.4, 0.5) is 4.79 Å². The lowest BCUT2D eigenvalue weighted by Crippen LogP contribution is -2.45. The number of amides is 1. The second kappa shape index (κ2) is 64.5. The Bertz CT molecular complexity index is 1390. The maximum absolute atomic E-state index is 12.8. The third kappa shape index (κ3) is 54.9. The molecule has 0 bridgehead atoms. The lowest BCUT2D eigenvalue weighted by atomic mass is 9.92. The molecule has 0 aromatic heterocycles. The van der Waals surface area contributed by atoms with Crippen molar-refractivity contribution in [2.45, 2.75) is 327 Å². The molecule has 0 aromatic carbocycles. The zero-order valence-corrected chi connectivity index (χ0v) is 54.5. The van der Waals surface area contributed by atoms with E-state index in [-0.39, 0.29) is 74.7 Å². The molecule has 1 aliphatic rings. The van der Waals surface area contributed by atoms with Gasteiger partial charge in [-0.3, -0.25) is 24.1 Å². The summed E-state index contributed by atoms with van der Waals surface area (Å²) in [7, 11) is 0. The van der Waals surface area contributed by atoms with E-state index in [1.54, 1.807) is 6.92 Å². The van der Waals surface area contributed by atoms with Crippen molar-refractivity contribution in [3.8, 4) is 0 Å². The highest BCUT2D eigenvalue weighted by molar-refractivity contribution is 5.75. The number of rotatable bonds is 48. The molecule has 1 rings (SSSR count). The molecule has 474 valence electrons. The maximum Gasteiger partial charge on any atom is 0.410 e. The molecular formula is C67H129NO12. The number of hydrogen-bond donors (Lipinski definition) is 0. The number of allylic oxidation sites excluding steroid dienone is 1. The highest BCUT2D eigenvalue weighted by Gasteiger charge is 2.39. The van der Waals surface area contributed by atoms with Crippen LogP contribution in [-0.4, -0.2) is 92.9 Å².